The fraction of sp³-hybridized carbons (Fsp3) is 0.545. The lowest BCUT2D eigenvalue weighted by Crippen LogP contribution is -2.46. The van der Waals surface area contributed by atoms with Gasteiger partial charge in [-0.25, -0.2) is 4.79 Å². The molecule has 1 rings (SSSR count). The summed E-state index contributed by atoms with van der Waals surface area (Å²) in [6.45, 7) is 4.12. The highest BCUT2D eigenvalue weighted by Gasteiger charge is 2.39. The molecule has 84 valence electrons. The Morgan fingerprint density at radius 1 is 1.60 bits per heavy atom. The van der Waals surface area contributed by atoms with E-state index in [0.29, 0.717) is 6.61 Å². The molecule has 0 saturated heterocycles. The minimum Gasteiger partial charge on any atom is -0.464 e. The maximum absolute atomic E-state index is 11.9. The van der Waals surface area contributed by atoms with Crippen LogP contribution < -0.4 is 0 Å². The van der Waals surface area contributed by atoms with E-state index in [0.717, 1.165) is 4.88 Å². The zero-order valence-electron chi connectivity index (χ0n) is 9.61. The number of esters is 1. The normalized spacial score (nSPS) is 15.0. The monoisotopic (exact) mass is 227 g/mol. The third kappa shape index (κ3) is 2.21. The Morgan fingerprint density at radius 2 is 2.27 bits per heavy atom. The van der Waals surface area contributed by atoms with Crippen LogP contribution in [0, 0.1) is 0 Å². The van der Waals surface area contributed by atoms with Crippen LogP contribution in [0.25, 0.3) is 0 Å². The lowest BCUT2D eigenvalue weighted by Gasteiger charge is -2.32. The van der Waals surface area contributed by atoms with Crippen LogP contribution in [0.3, 0.4) is 0 Å². The van der Waals surface area contributed by atoms with E-state index in [-0.39, 0.29) is 5.97 Å². The Bertz CT molecular complexity index is 321. The maximum atomic E-state index is 11.9. The molecule has 15 heavy (non-hydrogen) atoms. The molecule has 0 amide bonds. The molecule has 0 aliphatic carbocycles. The second-order valence-corrected chi connectivity index (χ2v) is 4.61. The van der Waals surface area contributed by atoms with Crippen molar-refractivity contribution < 1.29 is 9.53 Å². The molecule has 4 heteroatoms. The van der Waals surface area contributed by atoms with Gasteiger partial charge in [-0.05, 0) is 39.4 Å². The molecule has 0 radical (unpaired) electrons. The first-order valence-electron chi connectivity index (χ1n) is 4.92. The second kappa shape index (κ2) is 4.77. The summed E-state index contributed by atoms with van der Waals surface area (Å²) in [4.78, 5) is 14.8. The second-order valence-electron chi connectivity index (χ2n) is 3.66. The summed E-state index contributed by atoms with van der Waals surface area (Å²) < 4.78 is 5.12. The van der Waals surface area contributed by atoms with Gasteiger partial charge in [0.15, 0.2) is 5.54 Å². The van der Waals surface area contributed by atoms with Crippen molar-refractivity contribution in [3.8, 4) is 0 Å². The number of rotatable bonds is 4. The highest BCUT2D eigenvalue weighted by molar-refractivity contribution is 7.10. The predicted octanol–water partition coefficient (Wildman–Crippen LogP) is 2.09. The molecular weight excluding hydrogens is 210 g/mol. The SMILES string of the molecule is CCOC(=O)C(C)(c1cccs1)N(C)C. The lowest BCUT2D eigenvalue weighted by atomic mass is 9.99. The zero-order chi connectivity index (χ0) is 11.5. The fourth-order valence-corrected chi connectivity index (χ4v) is 2.29. The number of carbonyl (C=O) groups is 1. The molecule has 0 saturated carbocycles. The molecule has 1 atom stereocenters. The number of carbonyl (C=O) groups excluding carboxylic acids is 1. The van der Waals surface area contributed by atoms with Gasteiger partial charge in [0.1, 0.15) is 0 Å². The van der Waals surface area contributed by atoms with Crippen molar-refractivity contribution in [3.05, 3.63) is 22.4 Å². The molecule has 0 spiro atoms. The molecule has 0 aliphatic rings. The molecule has 1 aromatic heterocycles. The van der Waals surface area contributed by atoms with Gasteiger partial charge in [0, 0.05) is 4.88 Å². The summed E-state index contributed by atoms with van der Waals surface area (Å²) >= 11 is 1.57. The van der Waals surface area contributed by atoms with E-state index in [1.165, 1.54) is 0 Å². The smallest absolute Gasteiger partial charge is 0.331 e. The molecule has 3 nitrogen and oxygen atoms in total. The average molecular weight is 227 g/mol. The lowest BCUT2D eigenvalue weighted by molar-refractivity contribution is -0.155. The zero-order valence-corrected chi connectivity index (χ0v) is 10.4. The third-order valence-corrected chi connectivity index (χ3v) is 3.65. The Kier molecular flexibility index (Phi) is 3.88. The van der Waals surface area contributed by atoms with Crippen molar-refractivity contribution in [3.63, 3.8) is 0 Å². The van der Waals surface area contributed by atoms with E-state index in [9.17, 15) is 4.79 Å². The van der Waals surface area contributed by atoms with Gasteiger partial charge in [0.05, 0.1) is 6.61 Å². The Hall–Kier alpha value is -0.870. The van der Waals surface area contributed by atoms with Crippen LogP contribution in [-0.4, -0.2) is 31.6 Å². The Morgan fingerprint density at radius 3 is 2.67 bits per heavy atom. The molecule has 0 bridgehead atoms. The standard InChI is InChI=1S/C11H17NO2S/c1-5-14-10(13)11(2,12(3)4)9-7-6-8-15-9/h6-8H,5H2,1-4H3. The summed E-state index contributed by atoms with van der Waals surface area (Å²) in [6, 6.07) is 3.91. The number of hydrogen-bond donors (Lipinski definition) is 0. The first-order valence-corrected chi connectivity index (χ1v) is 5.80. The number of ether oxygens (including phenoxy) is 1. The predicted molar refractivity (Wildman–Crippen MR) is 62.0 cm³/mol. The van der Waals surface area contributed by atoms with Gasteiger partial charge in [0.2, 0.25) is 0 Å². The van der Waals surface area contributed by atoms with Crippen molar-refractivity contribution in [1.82, 2.24) is 4.90 Å². The van der Waals surface area contributed by atoms with Crippen LogP contribution in [-0.2, 0) is 15.1 Å². The Balaban J connectivity index is 3.04. The van der Waals surface area contributed by atoms with E-state index in [4.69, 9.17) is 4.74 Å². The van der Waals surface area contributed by atoms with Gasteiger partial charge < -0.3 is 4.74 Å². The number of thiophene rings is 1. The minimum absolute atomic E-state index is 0.197. The third-order valence-electron chi connectivity index (χ3n) is 2.57. The average Bonchev–Trinajstić information content (AvgIpc) is 2.69. The summed E-state index contributed by atoms with van der Waals surface area (Å²) in [6.07, 6.45) is 0. The first-order chi connectivity index (χ1) is 7.03. The van der Waals surface area contributed by atoms with Crippen molar-refractivity contribution in [2.24, 2.45) is 0 Å². The molecule has 0 fully saturated rings. The van der Waals surface area contributed by atoms with E-state index in [1.807, 2.05) is 50.4 Å². The topological polar surface area (TPSA) is 29.5 Å². The maximum Gasteiger partial charge on any atom is 0.331 e. The van der Waals surface area contributed by atoms with Crippen molar-refractivity contribution in [2.45, 2.75) is 19.4 Å². The summed E-state index contributed by atoms with van der Waals surface area (Å²) in [7, 11) is 3.77. The van der Waals surface area contributed by atoms with E-state index < -0.39 is 5.54 Å². The molecular formula is C11H17NO2S. The van der Waals surface area contributed by atoms with Crippen molar-refractivity contribution in [2.75, 3.05) is 20.7 Å². The van der Waals surface area contributed by atoms with Gasteiger partial charge in [-0.1, -0.05) is 6.07 Å². The van der Waals surface area contributed by atoms with Crippen molar-refractivity contribution in [1.29, 1.82) is 0 Å². The molecule has 0 N–H and O–H groups in total. The van der Waals surface area contributed by atoms with Crippen LogP contribution in [0.4, 0.5) is 0 Å². The summed E-state index contributed by atoms with van der Waals surface area (Å²) in [5, 5.41) is 1.97. The molecule has 1 aromatic rings. The number of likely N-dealkylation sites (N-methyl/N-ethyl adjacent to an activating group) is 1. The Labute approximate surface area is 94.7 Å². The van der Waals surface area contributed by atoms with Gasteiger partial charge in [0.25, 0.3) is 0 Å². The van der Waals surface area contributed by atoms with E-state index in [1.54, 1.807) is 11.3 Å². The molecule has 0 aliphatic heterocycles. The highest BCUT2D eigenvalue weighted by Crippen LogP contribution is 2.31. The number of hydrogen-bond acceptors (Lipinski definition) is 4. The summed E-state index contributed by atoms with van der Waals surface area (Å²) in [5.74, 6) is -0.197. The van der Waals surface area contributed by atoms with Crippen LogP contribution in [0.2, 0.25) is 0 Å². The largest absolute Gasteiger partial charge is 0.464 e. The van der Waals surface area contributed by atoms with Crippen LogP contribution >= 0.6 is 11.3 Å². The highest BCUT2D eigenvalue weighted by atomic mass is 32.1. The van der Waals surface area contributed by atoms with Gasteiger partial charge in [-0.3, -0.25) is 4.90 Å². The molecule has 1 heterocycles. The quantitative estimate of drug-likeness (QED) is 0.738. The minimum atomic E-state index is -0.676. The van der Waals surface area contributed by atoms with E-state index in [2.05, 4.69) is 0 Å². The summed E-state index contributed by atoms with van der Waals surface area (Å²) in [5.41, 5.74) is -0.676. The fourth-order valence-electron chi connectivity index (χ4n) is 1.33. The number of nitrogens with zero attached hydrogens (tertiary/aromatic N) is 1. The van der Waals surface area contributed by atoms with Gasteiger partial charge in [-0.2, -0.15) is 0 Å². The van der Waals surface area contributed by atoms with Crippen LogP contribution in [0.15, 0.2) is 17.5 Å². The van der Waals surface area contributed by atoms with E-state index >= 15 is 0 Å². The molecule has 0 aromatic carbocycles. The first kappa shape index (κ1) is 12.2. The van der Waals surface area contributed by atoms with Crippen molar-refractivity contribution >= 4 is 17.3 Å². The molecule has 1 unspecified atom stereocenters. The van der Waals surface area contributed by atoms with Gasteiger partial charge in [-0.15, -0.1) is 11.3 Å². The van der Waals surface area contributed by atoms with Gasteiger partial charge >= 0.3 is 5.97 Å². The van der Waals surface area contributed by atoms with Crippen LogP contribution in [0.1, 0.15) is 18.7 Å². The van der Waals surface area contributed by atoms with Crippen LogP contribution in [0.5, 0.6) is 0 Å².